The number of amides is 1. The van der Waals surface area contributed by atoms with Crippen LogP contribution in [0.2, 0.25) is 0 Å². The van der Waals surface area contributed by atoms with Gasteiger partial charge in [0.15, 0.2) is 0 Å². The Hall–Kier alpha value is -2.22. The minimum Gasteiger partial charge on any atom is -0.383 e. The molecule has 7 heteroatoms. The SMILES string of the molecule is COC[C@@H](C)NC(=O)CN(Cc1ccccc1)S(=O)(=O)c1ccc(C)cc1. The summed E-state index contributed by atoms with van der Waals surface area (Å²) in [5.74, 6) is -0.369. The largest absolute Gasteiger partial charge is 0.383 e. The van der Waals surface area contributed by atoms with Crippen molar-refractivity contribution in [3.8, 4) is 0 Å². The summed E-state index contributed by atoms with van der Waals surface area (Å²) in [7, 11) is -2.27. The number of hydrogen-bond acceptors (Lipinski definition) is 4. The molecule has 0 saturated heterocycles. The number of carbonyl (C=O) groups excluding carboxylic acids is 1. The van der Waals surface area contributed by atoms with E-state index in [-0.39, 0.29) is 29.9 Å². The number of rotatable bonds is 9. The fourth-order valence-corrected chi connectivity index (χ4v) is 4.03. The number of aryl methyl sites for hydroxylation is 1. The van der Waals surface area contributed by atoms with Gasteiger partial charge < -0.3 is 10.1 Å². The molecule has 0 saturated carbocycles. The molecule has 27 heavy (non-hydrogen) atoms. The number of sulfonamides is 1. The fraction of sp³-hybridized carbons (Fsp3) is 0.350. The molecule has 1 amide bonds. The van der Waals surface area contributed by atoms with Crippen LogP contribution in [0.5, 0.6) is 0 Å². The average molecular weight is 391 g/mol. The molecule has 0 unspecified atom stereocenters. The van der Waals surface area contributed by atoms with Crippen LogP contribution in [-0.4, -0.2) is 44.9 Å². The molecule has 0 aliphatic carbocycles. The second-order valence-corrected chi connectivity index (χ2v) is 8.43. The van der Waals surface area contributed by atoms with Crippen LogP contribution in [0.15, 0.2) is 59.5 Å². The summed E-state index contributed by atoms with van der Waals surface area (Å²) in [4.78, 5) is 12.6. The molecule has 0 aliphatic rings. The molecule has 0 radical (unpaired) electrons. The third-order valence-electron chi connectivity index (χ3n) is 4.00. The number of methoxy groups -OCH3 is 1. The van der Waals surface area contributed by atoms with E-state index >= 15 is 0 Å². The molecule has 1 atom stereocenters. The van der Waals surface area contributed by atoms with Crippen LogP contribution < -0.4 is 5.32 Å². The minimum atomic E-state index is -3.82. The van der Waals surface area contributed by atoms with Crippen molar-refractivity contribution in [3.05, 3.63) is 65.7 Å². The van der Waals surface area contributed by atoms with Gasteiger partial charge in [0.1, 0.15) is 0 Å². The molecule has 0 aromatic heterocycles. The quantitative estimate of drug-likeness (QED) is 0.713. The van der Waals surface area contributed by atoms with Crippen LogP contribution in [0.25, 0.3) is 0 Å². The molecule has 146 valence electrons. The molecule has 0 bridgehead atoms. The van der Waals surface area contributed by atoms with E-state index in [0.717, 1.165) is 11.1 Å². The van der Waals surface area contributed by atoms with E-state index in [1.54, 1.807) is 38.3 Å². The monoisotopic (exact) mass is 390 g/mol. The van der Waals surface area contributed by atoms with E-state index < -0.39 is 10.0 Å². The third-order valence-corrected chi connectivity index (χ3v) is 5.81. The number of benzene rings is 2. The zero-order chi connectivity index (χ0) is 19.9. The van der Waals surface area contributed by atoms with Crippen molar-refractivity contribution in [3.63, 3.8) is 0 Å². The summed E-state index contributed by atoms with van der Waals surface area (Å²) < 4.78 is 32.4. The molecule has 2 aromatic rings. The van der Waals surface area contributed by atoms with Crippen LogP contribution in [0, 0.1) is 6.92 Å². The van der Waals surface area contributed by atoms with Crippen LogP contribution in [0.1, 0.15) is 18.1 Å². The Morgan fingerprint density at radius 1 is 1.11 bits per heavy atom. The summed E-state index contributed by atoms with van der Waals surface area (Å²) in [5, 5.41) is 2.76. The number of carbonyl (C=O) groups is 1. The maximum Gasteiger partial charge on any atom is 0.243 e. The van der Waals surface area contributed by atoms with Gasteiger partial charge >= 0.3 is 0 Å². The lowest BCUT2D eigenvalue weighted by atomic mass is 10.2. The molecule has 6 nitrogen and oxygen atoms in total. The topological polar surface area (TPSA) is 75.7 Å². The van der Waals surface area contributed by atoms with Gasteiger partial charge in [0, 0.05) is 19.7 Å². The number of nitrogens with one attached hydrogen (secondary N) is 1. The van der Waals surface area contributed by atoms with Gasteiger partial charge in [-0.2, -0.15) is 4.31 Å². The lowest BCUT2D eigenvalue weighted by molar-refractivity contribution is -0.122. The van der Waals surface area contributed by atoms with E-state index in [2.05, 4.69) is 5.32 Å². The van der Waals surface area contributed by atoms with Crippen molar-refractivity contribution in [2.75, 3.05) is 20.3 Å². The molecule has 1 N–H and O–H groups in total. The minimum absolute atomic E-state index is 0.114. The first-order chi connectivity index (χ1) is 12.8. The van der Waals surface area contributed by atoms with Crippen molar-refractivity contribution >= 4 is 15.9 Å². The predicted octanol–water partition coefficient (Wildman–Crippen LogP) is 2.34. The highest BCUT2D eigenvalue weighted by molar-refractivity contribution is 7.89. The Labute approximate surface area is 161 Å². The van der Waals surface area contributed by atoms with E-state index in [4.69, 9.17) is 4.74 Å². The van der Waals surface area contributed by atoms with E-state index in [0.29, 0.717) is 6.61 Å². The van der Waals surface area contributed by atoms with Crippen molar-refractivity contribution in [2.45, 2.75) is 31.3 Å². The van der Waals surface area contributed by atoms with Gasteiger partial charge in [0.05, 0.1) is 18.0 Å². The summed E-state index contributed by atoms with van der Waals surface area (Å²) >= 11 is 0. The summed E-state index contributed by atoms with van der Waals surface area (Å²) in [6, 6.07) is 15.6. The van der Waals surface area contributed by atoms with Gasteiger partial charge in [0.25, 0.3) is 0 Å². The Morgan fingerprint density at radius 2 is 1.74 bits per heavy atom. The van der Waals surface area contributed by atoms with Gasteiger partial charge in [-0.25, -0.2) is 8.42 Å². The van der Waals surface area contributed by atoms with Gasteiger partial charge in [0.2, 0.25) is 15.9 Å². The average Bonchev–Trinajstić information content (AvgIpc) is 2.62. The number of hydrogen-bond donors (Lipinski definition) is 1. The summed E-state index contributed by atoms with van der Waals surface area (Å²) in [6.07, 6.45) is 0. The Balaban J connectivity index is 2.26. The maximum atomic E-state index is 13.1. The Kier molecular flexibility index (Phi) is 7.53. The van der Waals surface area contributed by atoms with E-state index in [1.165, 1.54) is 4.31 Å². The number of ether oxygens (including phenoxy) is 1. The molecule has 0 heterocycles. The molecule has 2 rings (SSSR count). The zero-order valence-corrected chi connectivity index (χ0v) is 16.7. The van der Waals surface area contributed by atoms with Crippen molar-refractivity contribution < 1.29 is 17.9 Å². The molecule has 2 aromatic carbocycles. The lowest BCUT2D eigenvalue weighted by Crippen LogP contribution is -2.44. The number of nitrogens with zero attached hydrogens (tertiary/aromatic N) is 1. The van der Waals surface area contributed by atoms with Crippen LogP contribution in [-0.2, 0) is 26.1 Å². The van der Waals surface area contributed by atoms with Crippen LogP contribution in [0.4, 0.5) is 0 Å². The third kappa shape index (κ3) is 6.16. The highest BCUT2D eigenvalue weighted by Gasteiger charge is 2.27. The predicted molar refractivity (Wildman–Crippen MR) is 105 cm³/mol. The first-order valence-corrected chi connectivity index (χ1v) is 10.2. The van der Waals surface area contributed by atoms with Gasteiger partial charge in [-0.05, 0) is 31.5 Å². The second kappa shape index (κ2) is 9.64. The first kappa shape index (κ1) is 21.1. The standard InChI is InChI=1S/C20H26N2O4S/c1-16-9-11-19(12-10-16)27(24,25)22(13-18-7-5-4-6-8-18)14-20(23)21-17(2)15-26-3/h4-12,17H,13-15H2,1-3H3,(H,21,23)/t17-/m1/s1. The highest BCUT2D eigenvalue weighted by atomic mass is 32.2. The van der Waals surface area contributed by atoms with E-state index in [1.807, 2.05) is 37.3 Å². The lowest BCUT2D eigenvalue weighted by Gasteiger charge is -2.23. The molecular weight excluding hydrogens is 364 g/mol. The first-order valence-electron chi connectivity index (χ1n) is 8.72. The van der Waals surface area contributed by atoms with Crippen molar-refractivity contribution in [1.82, 2.24) is 9.62 Å². The summed E-state index contributed by atoms with van der Waals surface area (Å²) in [6.45, 7) is 3.90. The smallest absolute Gasteiger partial charge is 0.243 e. The maximum absolute atomic E-state index is 13.1. The molecule has 0 spiro atoms. The molecule has 0 fully saturated rings. The van der Waals surface area contributed by atoms with Gasteiger partial charge in [-0.3, -0.25) is 4.79 Å². The molecule has 0 aliphatic heterocycles. The normalized spacial score (nSPS) is 12.7. The van der Waals surface area contributed by atoms with Gasteiger partial charge in [-0.15, -0.1) is 0 Å². The fourth-order valence-electron chi connectivity index (χ4n) is 2.64. The highest BCUT2D eigenvalue weighted by Crippen LogP contribution is 2.19. The Morgan fingerprint density at radius 3 is 2.33 bits per heavy atom. The van der Waals surface area contributed by atoms with Gasteiger partial charge in [-0.1, -0.05) is 48.0 Å². The second-order valence-electron chi connectivity index (χ2n) is 6.50. The zero-order valence-electron chi connectivity index (χ0n) is 15.9. The Bertz CT molecular complexity index is 836. The van der Waals surface area contributed by atoms with E-state index in [9.17, 15) is 13.2 Å². The summed E-state index contributed by atoms with van der Waals surface area (Å²) in [5.41, 5.74) is 1.78. The van der Waals surface area contributed by atoms with Crippen LogP contribution in [0.3, 0.4) is 0 Å². The van der Waals surface area contributed by atoms with Crippen molar-refractivity contribution in [2.24, 2.45) is 0 Å². The van der Waals surface area contributed by atoms with Crippen LogP contribution >= 0.6 is 0 Å². The molecular formula is C20H26N2O4S. The van der Waals surface area contributed by atoms with Crippen molar-refractivity contribution in [1.29, 1.82) is 0 Å².